The van der Waals surface area contributed by atoms with Crippen molar-refractivity contribution in [1.82, 2.24) is 20.0 Å². The number of carbonyl (C=O) groups excluding carboxylic acids is 3. The minimum atomic E-state index is -0.446. The summed E-state index contributed by atoms with van der Waals surface area (Å²) in [6, 6.07) is 37.5. The lowest BCUT2D eigenvalue weighted by molar-refractivity contribution is 0.00456. The summed E-state index contributed by atoms with van der Waals surface area (Å²) in [6.45, 7) is 21.1. The number of amides is 2. The normalized spacial score (nSPS) is 17.1. The highest BCUT2D eigenvalue weighted by Gasteiger charge is 2.30. The van der Waals surface area contributed by atoms with Gasteiger partial charge in [-0.15, -0.1) is 0 Å². The minimum Gasteiger partial charge on any atom is -0.444 e. The van der Waals surface area contributed by atoms with Crippen LogP contribution in [-0.2, 0) is 16.0 Å². The third kappa shape index (κ3) is 15.3. The number of rotatable bonds is 5. The van der Waals surface area contributed by atoms with Gasteiger partial charge < -0.3 is 24.6 Å². The SMILES string of the molecule is C.CC1CN(C(=O)OC(C)(C)C)CCN1.CC1CN(C(=O)OC(C)(C)C)CCN1Cc1ccc(-c2ccccc2)cc1.O=Cc1ccc(-c2ccccc2)cc1. The number of aldehydes is 1. The third-order valence-corrected chi connectivity index (χ3v) is 9.04. The van der Waals surface area contributed by atoms with Crippen molar-refractivity contribution in [2.75, 3.05) is 39.3 Å². The number of nitrogens with one attached hydrogen (secondary N) is 1. The Kier molecular flexibility index (Phi) is 17.3. The van der Waals surface area contributed by atoms with Crippen LogP contribution in [0.1, 0.15) is 78.7 Å². The minimum absolute atomic E-state index is 0. The fourth-order valence-electron chi connectivity index (χ4n) is 6.20. The number of benzene rings is 4. The van der Waals surface area contributed by atoms with E-state index < -0.39 is 11.2 Å². The van der Waals surface area contributed by atoms with Crippen LogP contribution in [0.25, 0.3) is 22.3 Å². The fraction of sp³-hybridized carbons (Fsp3) is 0.426. The van der Waals surface area contributed by atoms with Crippen LogP contribution in [0.3, 0.4) is 0 Å². The predicted molar refractivity (Wildman–Crippen MR) is 229 cm³/mol. The van der Waals surface area contributed by atoms with Gasteiger partial charge in [-0.3, -0.25) is 9.69 Å². The van der Waals surface area contributed by atoms with Gasteiger partial charge in [-0.1, -0.05) is 117 Å². The van der Waals surface area contributed by atoms with Crippen LogP contribution in [0, 0.1) is 0 Å². The Morgan fingerprint density at radius 1 is 0.643 bits per heavy atom. The molecule has 1 N–H and O–H groups in total. The van der Waals surface area contributed by atoms with Gasteiger partial charge in [-0.25, -0.2) is 9.59 Å². The summed E-state index contributed by atoms with van der Waals surface area (Å²) in [6.07, 6.45) is 0.446. The standard InChI is InChI=1S/C23H30N2O2.C13H10O.C10H20N2O2.CH4/c1-18-16-25(22(26)27-23(2,3)4)15-14-24(18)17-19-10-12-21(13-11-19)20-8-6-5-7-9-20;14-10-11-6-8-13(9-7-11)12-4-2-1-3-5-12;1-8-7-12(6-5-11-8)9(13)14-10(2,3)4;/h5-13,18H,14-17H2,1-4H3;1-10H;8,11H,5-7H2,1-4H3;1H4. The Morgan fingerprint density at radius 2 is 1.09 bits per heavy atom. The molecule has 0 saturated carbocycles. The topological polar surface area (TPSA) is 91.4 Å². The van der Waals surface area contributed by atoms with E-state index in [1.54, 1.807) is 4.90 Å². The average Bonchev–Trinajstić information content (AvgIpc) is 3.16. The van der Waals surface area contributed by atoms with Crippen LogP contribution in [0.15, 0.2) is 109 Å². The molecule has 0 bridgehead atoms. The highest BCUT2D eigenvalue weighted by Crippen LogP contribution is 2.22. The monoisotopic (exact) mass is 764 g/mol. The molecule has 4 aromatic carbocycles. The molecule has 2 atom stereocenters. The first-order valence-corrected chi connectivity index (χ1v) is 19.3. The van der Waals surface area contributed by atoms with Crippen molar-refractivity contribution in [1.29, 1.82) is 0 Å². The molecular weight excluding hydrogens is 701 g/mol. The van der Waals surface area contributed by atoms with E-state index >= 15 is 0 Å². The van der Waals surface area contributed by atoms with E-state index in [0.29, 0.717) is 30.7 Å². The molecular formula is C47H64N4O5. The first-order valence-electron chi connectivity index (χ1n) is 19.3. The highest BCUT2D eigenvalue weighted by atomic mass is 16.6. The molecule has 2 fully saturated rings. The number of hydrogen-bond donors (Lipinski definition) is 1. The van der Waals surface area contributed by atoms with E-state index in [1.807, 2.05) is 95.0 Å². The van der Waals surface area contributed by atoms with Gasteiger partial charge in [-0.05, 0) is 83.2 Å². The zero-order chi connectivity index (χ0) is 40.0. The van der Waals surface area contributed by atoms with Crippen molar-refractivity contribution >= 4 is 18.5 Å². The maximum absolute atomic E-state index is 12.3. The average molecular weight is 765 g/mol. The highest BCUT2D eigenvalue weighted by molar-refractivity contribution is 5.77. The second-order valence-corrected chi connectivity index (χ2v) is 16.2. The zero-order valence-electron chi connectivity index (χ0n) is 34.0. The Balaban J connectivity index is 0.000000245. The quantitative estimate of drug-likeness (QED) is 0.202. The maximum atomic E-state index is 12.3. The molecule has 302 valence electrons. The molecule has 0 aliphatic carbocycles. The van der Waals surface area contributed by atoms with E-state index in [2.05, 4.69) is 84.7 Å². The third-order valence-electron chi connectivity index (χ3n) is 9.04. The maximum Gasteiger partial charge on any atom is 0.410 e. The first kappa shape index (κ1) is 45.4. The Bertz CT molecular complexity index is 1770. The molecule has 0 spiro atoms. The summed E-state index contributed by atoms with van der Waals surface area (Å²) in [5.41, 5.74) is 5.95. The first-order chi connectivity index (χ1) is 26.1. The lowest BCUT2D eigenvalue weighted by Crippen LogP contribution is -2.54. The Hall–Kier alpha value is -4.99. The van der Waals surface area contributed by atoms with Gasteiger partial charge in [0.2, 0.25) is 0 Å². The molecule has 0 radical (unpaired) electrons. The number of piperazine rings is 2. The van der Waals surface area contributed by atoms with Crippen molar-refractivity contribution in [3.63, 3.8) is 0 Å². The van der Waals surface area contributed by atoms with E-state index in [0.717, 1.165) is 44.6 Å². The van der Waals surface area contributed by atoms with E-state index in [9.17, 15) is 14.4 Å². The van der Waals surface area contributed by atoms with Gasteiger partial charge in [0.25, 0.3) is 0 Å². The molecule has 2 aliphatic heterocycles. The van der Waals surface area contributed by atoms with Crippen molar-refractivity contribution in [3.8, 4) is 22.3 Å². The summed E-state index contributed by atoms with van der Waals surface area (Å²) < 4.78 is 10.8. The molecule has 0 aromatic heterocycles. The van der Waals surface area contributed by atoms with Crippen molar-refractivity contribution in [3.05, 3.63) is 120 Å². The number of carbonyl (C=O) groups is 3. The van der Waals surface area contributed by atoms with Crippen molar-refractivity contribution in [2.45, 2.75) is 92.6 Å². The summed E-state index contributed by atoms with van der Waals surface area (Å²) in [5, 5.41) is 3.28. The largest absolute Gasteiger partial charge is 0.444 e. The number of nitrogens with zero attached hydrogens (tertiary/aromatic N) is 3. The molecule has 9 heteroatoms. The number of ether oxygens (including phenoxy) is 2. The predicted octanol–water partition coefficient (Wildman–Crippen LogP) is 9.81. The van der Waals surface area contributed by atoms with Crippen LogP contribution in [0.5, 0.6) is 0 Å². The van der Waals surface area contributed by atoms with Gasteiger partial charge >= 0.3 is 12.2 Å². The van der Waals surface area contributed by atoms with Gasteiger partial charge in [0, 0.05) is 63.5 Å². The van der Waals surface area contributed by atoms with Crippen LogP contribution < -0.4 is 5.32 Å². The van der Waals surface area contributed by atoms with Gasteiger partial charge in [-0.2, -0.15) is 0 Å². The fourth-order valence-corrected chi connectivity index (χ4v) is 6.20. The molecule has 9 nitrogen and oxygen atoms in total. The van der Waals surface area contributed by atoms with Gasteiger partial charge in [0.15, 0.2) is 0 Å². The summed E-state index contributed by atoms with van der Waals surface area (Å²) >= 11 is 0. The summed E-state index contributed by atoms with van der Waals surface area (Å²) in [7, 11) is 0. The Labute approximate surface area is 336 Å². The van der Waals surface area contributed by atoms with E-state index in [4.69, 9.17) is 9.47 Å². The van der Waals surface area contributed by atoms with Crippen LogP contribution >= 0.6 is 0 Å². The second-order valence-electron chi connectivity index (χ2n) is 16.2. The van der Waals surface area contributed by atoms with E-state index in [1.165, 1.54) is 22.3 Å². The van der Waals surface area contributed by atoms with Crippen LogP contribution in [0.4, 0.5) is 9.59 Å². The zero-order valence-corrected chi connectivity index (χ0v) is 34.0. The van der Waals surface area contributed by atoms with Crippen molar-refractivity contribution < 1.29 is 23.9 Å². The molecule has 2 aliphatic rings. The molecule has 56 heavy (non-hydrogen) atoms. The molecule has 4 aromatic rings. The van der Waals surface area contributed by atoms with Gasteiger partial charge in [0.1, 0.15) is 17.5 Å². The van der Waals surface area contributed by atoms with Crippen molar-refractivity contribution in [2.24, 2.45) is 0 Å². The Morgan fingerprint density at radius 3 is 1.52 bits per heavy atom. The van der Waals surface area contributed by atoms with E-state index in [-0.39, 0.29) is 19.6 Å². The molecule has 2 amide bonds. The van der Waals surface area contributed by atoms with Crippen LogP contribution in [-0.4, -0.2) is 95.7 Å². The summed E-state index contributed by atoms with van der Waals surface area (Å²) in [4.78, 5) is 40.4. The summed E-state index contributed by atoms with van der Waals surface area (Å²) in [5.74, 6) is 0. The lowest BCUT2D eigenvalue weighted by Gasteiger charge is -2.40. The van der Waals surface area contributed by atoms with Gasteiger partial charge in [0.05, 0.1) is 0 Å². The lowest BCUT2D eigenvalue weighted by atomic mass is 10.0. The van der Waals surface area contributed by atoms with Crippen LogP contribution in [0.2, 0.25) is 0 Å². The smallest absolute Gasteiger partial charge is 0.410 e. The molecule has 2 unspecified atom stereocenters. The molecule has 2 heterocycles. The number of hydrogen-bond acceptors (Lipinski definition) is 7. The second kappa shape index (κ2) is 21.3. The molecule has 2 saturated heterocycles. The molecule has 6 rings (SSSR count).